The number of sulfonamides is 1. The summed E-state index contributed by atoms with van der Waals surface area (Å²) >= 11 is 0. The topological polar surface area (TPSA) is 71.1 Å². The van der Waals surface area contributed by atoms with E-state index in [9.17, 15) is 12.8 Å². The quantitative estimate of drug-likeness (QED) is 0.537. The highest BCUT2D eigenvalue weighted by Gasteiger charge is 2.29. The van der Waals surface area contributed by atoms with Crippen LogP contribution >= 0.6 is 0 Å². The Kier molecular flexibility index (Phi) is 6.64. The van der Waals surface area contributed by atoms with E-state index >= 15 is 0 Å². The Morgan fingerprint density at radius 1 is 0.943 bits per heavy atom. The van der Waals surface area contributed by atoms with E-state index in [2.05, 4.69) is 26.7 Å². The average Bonchev–Trinajstić information content (AvgIpc) is 3.33. The largest absolute Gasteiger partial charge is 0.454 e. The number of para-hydroxylation sites is 1. The molecular weight excluding hydrogens is 469 g/mol. The first-order valence-corrected chi connectivity index (χ1v) is 13.1. The van der Waals surface area contributed by atoms with Crippen LogP contribution in [0.25, 0.3) is 0 Å². The zero-order chi connectivity index (χ0) is 24.4. The normalized spacial score (nSPS) is 16.9. The SMILES string of the molecule is Cc1cc(F)ccc1S(=O)(=O)NC[C@@H](c1ccc2c(c1)OCO2)N1CCN(c2ccccc2)CC1. The maximum Gasteiger partial charge on any atom is 0.240 e. The molecule has 9 heteroatoms. The third kappa shape index (κ3) is 5.12. The minimum Gasteiger partial charge on any atom is -0.454 e. The molecule has 7 nitrogen and oxygen atoms in total. The molecule has 3 aromatic carbocycles. The van der Waals surface area contributed by atoms with E-state index in [0.29, 0.717) is 17.1 Å². The van der Waals surface area contributed by atoms with E-state index in [-0.39, 0.29) is 24.3 Å². The number of rotatable bonds is 7. The van der Waals surface area contributed by atoms with Crippen molar-refractivity contribution < 1.29 is 22.3 Å². The molecule has 1 atom stereocenters. The fourth-order valence-electron chi connectivity index (χ4n) is 4.69. The smallest absolute Gasteiger partial charge is 0.240 e. The third-order valence-electron chi connectivity index (χ3n) is 6.55. The molecule has 0 amide bonds. The van der Waals surface area contributed by atoms with Gasteiger partial charge in [-0.05, 0) is 60.5 Å². The molecule has 2 heterocycles. The van der Waals surface area contributed by atoms with Crippen molar-refractivity contribution >= 4 is 15.7 Å². The lowest BCUT2D eigenvalue weighted by molar-refractivity contribution is 0.173. The maximum absolute atomic E-state index is 13.5. The second-order valence-corrected chi connectivity index (χ2v) is 10.5. The summed E-state index contributed by atoms with van der Waals surface area (Å²) in [6.07, 6.45) is 0. The molecule has 0 spiro atoms. The number of anilines is 1. The van der Waals surface area contributed by atoms with Gasteiger partial charge in [0, 0.05) is 44.5 Å². The van der Waals surface area contributed by atoms with Crippen LogP contribution in [0.5, 0.6) is 11.5 Å². The van der Waals surface area contributed by atoms with E-state index in [4.69, 9.17) is 9.47 Å². The number of nitrogens with one attached hydrogen (secondary N) is 1. The number of aryl methyl sites for hydroxylation is 1. The zero-order valence-electron chi connectivity index (χ0n) is 19.5. The lowest BCUT2D eigenvalue weighted by Gasteiger charge is -2.40. The van der Waals surface area contributed by atoms with E-state index in [1.54, 1.807) is 6.92 Å². The first-order valence-electron chi connectivity index (χ1n) is 11.6. The molecule has 5 rings (SSSR count). The van der Waals surface area contributed by atoms with E-state index in [1.165, 1.54) is 23.9 Å². The maximum atomic E-state index is 13.5. The zero-order valence-corrected chi connectivity index (χ0v) is 20.3. The van der Waals surface area contributed by atoms with Crippen LogP contribution in [0.1, 0.15) is 17.2 Å². The summed E-state index contributed by atoms with van der Waals surface area (Å²) in [4.78, 5) is 4.70. The van der Waals surface area contributed by atoms with Crippen molar-refractivity contribution in [2.24, 2.45) is 0 Å². The highest BCUT2D eigenvalue weighted by atomic mass is 32.2. The molecule has 0 bridgehead atoms. The molecule has 0 aromatic heterocycles. The highest BCUT2D eigenvalue weighted by molar-refractivity contribution is 7.89. The Morgan fingerprint density at radius 2 is 1.69 bits per heavy atom. The predicted molar refractivity (Wildman–Crippen MR) is 132 cm³/mol. The first kappa shape index (κ1) is 23.6. The molecule has 1 saturated heterocycles. The number of benzene rings is 3. The molecule has 35 heavy (non-hydrogen) atoms. The van der Waals surface area contributed by atoms with Crippen molar-refractivity contribution in [3.63, 3.8) is 0 Å². The average molecular weight is 498 g/mol. The Balaban J connectivity index is 1.37. The van der Waals surface area contributed by atoms with Crippen LogP contribution in [-0.4, -0.2) is 52.8 Å². The van der Waals surface area contributed by atoms with Crippen LogP contribution in [0.15, 0.2) is 71.6 Å². The number of halogens is 1. The molecule has 2 aliphatic rings. The number of fused-ring (bicyclic) bond motifs is 1. The second-order valence-electron chi connectivity index (χ2n) is 8.75. The molecule has 0 radical (unpaired) electrons. The Bertz CT molecular complexity index is 1300. The van der Waals surface area contributed by atoms with Gasteiger partial charge in [-0.1, -0.05) is 24.3 Å². The third-order valence-corrected chi connectivity index (χ3v) is 8.13. The minimum atomic E-state index is -3.82. The number of hydrogen-bond acceptors (Lipinski definition) is 6. The van der Waals surface area contributed by atoms with E-state index in [0.717, 1.165) is 31.7 Å². The summed E-state index contributed by atoms with van der Waals surface area (Å²) < 4.78 is 53.5. The van der Waals surface area contributed by atoms with Gasteiger partial charge < -0.3 is 14.4 Å². The van der Waals surface area contributed by atoms with Gasteiger partial charge in [-0.2, -0.15) is 0 Å². The van der Waals surface area contributed by atoms with Crippen LogP contribution in [0.2, 0.25) is 0 Å². The number of piperazine rings is 1. The Labute approximate surface area is 205 Å². The lowest BCUT2D eigenvalue weighted by atomic mass is 10.0. The van der Waals surface area contributed by atoms with Gasteiger partial charge in [0.25, 0.3) is 0 Å². The van der Waals surface area contributed by atoms with Crippen molar-refractivity contribution in [2.45, 2.75) is 17.9 Å². The fraction of sp³-hybridized carbons (Fsp3) is 0.308. The van der Waals surface area contributed by atoms with Gasteiger partial charge in [0.1, 0.15) is 5.82 Å². The van der Waals surface area contributed by atoms with Gasteiger partial charge >= 0.3 is 0 Å². The lowest BCUT2D eigenvalue weighted by Crippen LogP contribution is -2.49. The summed E-state index contributed by atoms with van der Waals surface area (Å²) in [5.74, 6) is 0.882. The highest BCUT2D eigenvalue weighted by Crippen LogP contribution is 2.36. The molecule has 3 aromatic rings. The van der Waals surface area contributed by atoms with E-state index in [1.807, 2.05) is 36.4 Å². The fourth-order valence-corrected chi connectivity index (χ4v) is 5.95. The number of nitrogens with zero attached hydrogens (tertiary/aromatic N) is 2. The summed E-state index contributed by atoms with van der Waals surface area (Å²) in [5, 5.41) is 0. The summed E-state index contributed by atoms with van der Waals surface area (Å²) in [7, 11) is -3.82. The Morgan fingerprint density at radius 3 is 2.43 bits per heavy atom. The first-order chi connectivity index (χ1) is 16.9. The van der Waals surface area contributed by atoms with Crippen molar-refractivity contribution in [1.29, 1.82) is 0 Å². The minimum absolute atomic E-state index is 0.0808. The molecule has 1 N–H and O–H groups in total. The van der Waals surface area contributed by atoms with Crippen LogP contribution in [0.3, 0.4) is 0 Å². The standard InChI is InChI=1S/C26H28FN3O4S/c1-19-15-21(27)8-10-26(19)35(31,32)28-17-23(20-7-9-24-25(16-20)34-18-33-24)30-13-11-29(12-14-30)22-5-3-2-4-6-22/h2-10,15-16,23,28H,11-14,17-18H2,1H3/t23-/m0/s1. The molecule has 1 fully saturated rings. The molecule has 0 aliphatic carbocycles. The van der Waals surface area contributed by atoms with Crippen LogP contribution in [0, 0.1) is 12.7 Å². The molecule has 184 valence electrons. The van der Waals surface area contributed by atoms with Gasteiger partial charge in [-0.15, -0.1) is 0 Å². The molecular formula is C26H28FN3O4S. The van der Waals surface area contributed by atoms with Crippen molar-refractivity contribution in [3.05, 3.63) is 83.7 Å². The monoisotopic (exact) mass is 497 g/mol. The van der Waals surface area contributed by atoms with Crippen LogP contribution < -0.4 is 19.1 Å². The van der Waals surface area contributed by atoms with Crippen LogP contribution in [-0.2, 0) is 10.0 Å². The Hall–Kier alpha value is -3.14. The molecule has 0 saturated carbocycles. The van der Waals surface area contributed by atoms with Gasteiger partial charge in [-0.25, -0.2) is 17.5 Å². The second kappa shape index (κ2) is 9.85. The number of ether oxygens (including phenoxy) is 2. The van der Waals surface area contributed by atoms with Gasteiger partial charge in [-0.3, -0.25) is 4.90 Å². The van der Waals surface area contributed by atoms with Crippen molar-refractivity contribution in [2.75, 3.05) is 44.4 Å². The predicted octanol–water partition coefficient (Wildman–Crippen LogP) is 3.70. The van der Waals surface area contributed by atoms with Crippen LogP contribution in [0.4, 0.5) is 10.1 Å². The van der Waals surface area contributed by atoms with Crippen molar-refractivity contribution in [1.82, 2.24) is 9.62 Å². The van der Waals surface area contributed by atoms with Gasteiger partial charge in [0.05, 0.1) is 4.90 Å². The van der Waals surface area contributed by atoms with Gasteiger partial charge in [0.2, 0.25) is 16.8 Å². The van der Waals surface area contributed by atoms with Crippen molar-refractivity contribution in [3.8, 4) is 11.5 Å². The van der Waals surface area contributed by atoms with Gasteiger partial charge in [0.15, 0.2) is 11.5 Å². The summed E-state index contributed by atoms with van der Waals surface area (Å²) in [6, 6.07) is 19.5. The van der Waals surface area contributed by atoms with E-state index < -0.39 is 15.8 Å². The molecule has 0 unspecified atom stereocenters. The molecule has 2 aliphatic heterocycles. The number of hydrogen-bond donors (Lipinski definition) is 1. The summed E-state index contributed by atoms with van der Waals surface area (Å²) in [6.45, 7) is 5.13. The summed E-state index contributed by atoms with van der Waals surface area (Å²) in [5.41, 5.74) is 2.49.